The Balaban J connectivity index is 1.94. The van der Waals surface area contributed by atoms with Crippen molar-refractivity contribution < 1.29 is 27.8 Å². The SMILES string of the molecule is COc1ccc(/C=C2\N=C(S[C@H](C)C(N)=O)N(c3ccc(OC(F)F)cc3)C2=O)cc1. The number of carbonyl (C=O) groups is 2. The summed E-state index contributed by atoms with van der Waals surface area (Å²) in [5.41, 5.74) is 6.61. The van der Waals surface area contributed by atoms with Crippen LogP contribution in [0.5, 0.6) is 11.5 Å². The average molecular weight is 447 g/mol. The number of carbonyl (C=O) groups excluding carboxylic acids is 2. The van der Waals surface area contributed by atoms with E-state index in [0.717, 1.165) is 17.3 Å². The highest BCUT2D eigenvalue weighted by atomic mass is 32.2. The number of benzene rings is 2. The number of alkyl halides is 2. The molecular weight excluding hydrogens is 428 g/mol. The molecule has 3 rings (SSSR count). The zero-order valence-electron chi connectivity index (χ0n) is 16.6. The summed E-state index contributed by atoms with van der Waals surface area (Å²) in [6.45, 7) is -1.36. The lowest BCUT2D eigenvalue weighted by Crippen LogP contribution is -2.33. The molecule has 7 nitrogen and oxygen atoms in total. The molecule has 0 unspecified atom stereocenters. The number of thioether (sulfide) groups is 1. The second-order valence-corrected chi connectivity index (χ2v) is 7.68. The zero-order valence-corrected chi connectivity index (χ0v) is 17.4. The third kappa shape index (κ3) is 5.40. The van der Waals surface area contributed by atoms with Gasteiger partial charge in [-0.1, -0.05) is 23.9 Å². The molecule has 2 N–H and O–H groups in total. The van der Waals surface area contributed by atoms with E-state index >= 15 is 0 Å². The smallest absolute Gasteiger partial charge is 0.387 e. The van der Waals surface area contributed by atoms with Gasteiger partial charge in [0, 0.05) is 0 Å². The second-order valence-electron chi connectivity index (χ2n) is 6.37. The van der Waals surface area contributed by atoms with Crippen LogP contribution >= 0.6 is 11.8 Å². The quantitative estimate of drug-likeness (QED) is 0.654. The number of nitrogens with two attached hydrogens (primary N) is 1. The third-order valence-electron chi connectivity index (χ3n) is 4.25. The Morgan fingerprint density at radius 3 is 2.29 bits per heavy atom. The van der Waals surface area contributed by atoms with Crippen LogP contribution in [0.1, 0.15) is 12.5 Å². The van der Waals surface area contributed by atoms with Crippen LogP contribution in [0.4, 0.5) is 14.5 Å². The monoisotopic (exact) mass is 447 g/mol. The van der Waals surface area contributed by atoms with Gasteiger partial charge in [0.1, 0.15) is 17.2 Å². The van der Waals surface area contributed by atoms with Crippen LogP contribution in [-0.4, -0.2) is 36.0 Å². The summed E-state index contributed by atoms with van der Waals surface area (Å²) in [7, 11) is 1.55. The molecule has 1 aliphatic rings. The lowest BCUT2D eigenvalue weighted by Gasteiger charge is -2.19. The normalized spacial score (nSPS) is 15.9. The highest BCUT2D eigenvalue weighted by Gasteiger charge is 2.33. The molecule has 1 atom stereocenters. The molecule has 0 radical (unpaired) electrons. The fourth-order valence-corrected chi connectivity index (χ4v) is 3.53. The van der Waals surface area contributed by atoms with Gasteiger partial charge in [0.05, 0.1) is 18.0 Å². The number of anilines is 1. The summed E-state index contributed by atoms with van der Waals surface area (Å²) in [5.74, 6) is -0.371. The molecule has 0 saturated carbocycles. The van der Waals surface area contributed by atoms with Crippen molar-refractivity contribution in [3.8, 4) is 11.5 Å². The molecule has 31 heavy (non-hydrogen) atoms. The number of aliphatic imine (C=N–C) groups is 1. The molecule has 0 bridgehead atoms. The molecule has 0 saturated heterocycles. The van der Waals surface area contributed by atoms with Crippen LogP contribution in [0.2, 0.25) is 0 Å². The average Bonchev–Trinajstić information content (AvgIpc) is 3.03. The Morgan fingerprint density at radius 2 is 1.74 bits per heavy atom. The Kier molecular flexibility index (Phi) is 6.91. The van der Waals surface area contributed by atoms with E-state index in [0.29, 0.717) is 11.4 Å². The first kappa shape index (κ1) is 22.3. The first-order valence-electron chi connectivity index (χ1n) is 9.08. The molecule has 0 aliphatic carbocycles. The summed E-state index contributed by atoms with van der Waals surface area (Å²) < 4.78 is 34.3. The van der Waals surface area contributed by atoms with Gasteiger partial charge in [-0.15, -0.1) is 0 Å². The molecule has 0 fully saturated rings. The van der Waals surface area contributed by atoms with E-state index in [2.05, 4.69) is 9.73 Å². The van der Waals surface area contributed by atoms with Gasteiger partial charge < -0.3 is 15.2 Å². The van der Waals surface area contributed by atoms with E-state index in [1.807, 2.05) is 0 Å². The molecule has 162 valence electrons. The largest absolute Gasteiger partial charge is 0.497 e. The van der Waals surface area contributed by atoms with E-state index in [-0.39, 0.29) is 16.6 Å². The van der Waals surface area contributed by atoms with E-state index < -0.39 is 23.7 Å². The number of hydrogen-bond donors (Lipinski definition) is 1. The van der Waals surface area contributed by atoms with Crippen molar-refractivity contribution in [2.75, 3.05) is 12.0 Å². The number of methoxy groups -OCH3 is 1. The van der Waals surface area contributed by atoms with E-state index in [1.165, 1.54) is 29.2 Å². The van der Waals surface area contributed by atoms with Gasteiger partial charge in [-0.2, -0.15) is 8.78 Å². The van der Waals surface area contributed by atoms with Gasteiger partial charge >= 0.3 is 6.61 Å². The van der Waals surface area contributed by atoms with Crippen molar-refractivity contribution in [1.82, 2.24) is 0 Å². The van der Waals surface area contributed by atoms with Crippen LogP contribution < -0.4 is 20.1 Å². The number of nitrogens with zero attached hydrogens (tertiary/aromatic N) is 2. The van der Waals surface area contributed by atoms with Gasteiger partial charge in [0.25, 0.3) is 5.91 Å². The highest BCUT2D eigenvalue weighted by molar-refractivity contribution is 8.15. The van der Waals surface area contributed by atoms with Crippen molar-refractivity contribution in [3.63, 3.8) is 0 Å². The topological polar surface area (TPSA) is 94.2 Å². The molecule has 1 heterocycles. The summed E-state index contributed by atoms with van der Waals surface area (Å²) in [6.07, 6.45) is 1.60. The maximum absolute atomic E-state index is 13.1. The standard InChI is InChI=1S/C21H19F2N3O4S/c1-12(18(24)27)31-21-25-17(11-13-3-7-15(29-2)8-4-13)19(28)26(21)14-5-9-16(10-6-14)30-20(22)23/h3-12,20H,1-2H3,(H2,24,27)/b17-11-/t12-/m1/s1. The van der Waals surface area contributed by atoms with Gasteiger partial charge in [-0.3, -0.25) is 14.5 Å². The summed E-state index contributed by atoms with van der Waals surface area (Å²) >= 11 is 1.03. The Hall–Kier alpha value is -3.40. The lowest BCUT2D eigenvalue weighted by atomic mass is 10.2. The van der Waals surface area contributed by atoms with Gasteiger partial charge in [-0.25, -0.2) is 4.99 Å². The molecule has 2 amide bonds. The van der Waals surface area contributed by atoms with E-state index in [1.54, 1.807) is 44.4 Å². The van der Waals surface area contributed by atoms with E-state index in [4.69, 9.17) is 10.5 Å². The van der Waals surface area contributed by atoms with Crippen molar-refractivity contribution in [3.05, 3.63) is 59.8 Å². The molecule has 1 aliphatic heterocycles. The third-order valence-corrected chi connectivity index (χ3v) is 5.32. The highest BCUT2D eigenvalue weighted by Crippen LogP contribution is 2.32. The van der Waals surface area contributed by atoms with E-state index in [9.17, 15) is 18.4 Å². The number of rotatable bonds is 7. The summed E-state index contributed by atoms with van der Waals surface area (Å²) in [5, 5.41) is -0.394. The fraction of sp³-hybridized carbons (Fsp3) is 0.190. The molecule has 2 aromatic carbocycles. The number of hydrogen-bond acceptors (Lipinski definition) is 6. The predicted molar refractivity (Wildman–Crippen MR) is 115 cm³/mol. The number of primary amides is 1. The maximum Gasteiger partial charge on any atom is 0.387 e. The van der Waals surface area contributed by atoms with Gasteiger partial charge in [0.2, 0.25) is 5.91 Å². The number of amidine groups is 1. The van der Waals surface area contributed by atoms with Crippen LogP contribution in [0.15, 0.2) is 59.2 Å². The summed E-state index contributed by atoms with van der Waals surface area (Å²) in [6, 6.07) is 12.6. The minimum Gasteiger partial charge on any atom is -0.497 e. The molecular formula is C21H19F2N3O4S. The second kappa shape index (κ2) is 9.61. The summed E-state index contributed by atoms with van der Waals surface area (Å²) in [4.78, 5) is 30.3. The lowest BCUT2D eigenvalue weighted by molar-refractivity contribution is -0.117. The van der Waals surface area contributed by atoms with Crippen molar-refractivity contribution in [1.29, 1.82) is 0 Å². The van der Waals surface area contributed by atoms with Crippen LogP contribution in [0, 0.1) is 0 Å². The first-order chi connectivity index (χ1) is 14.8. The number of ether oxygens (including phenoxy) is 2. The van der Waals surface area contributed by atoms with Gasteiger partial charge in [-0.05, 0) is 55.0 Å². The Bertz CT molecular complexity index is 1020. The molecule has 0 aromatic heterocycles. The zero-order chi connectivity index (χ0) is 22.5. The van der Waals surface area contributed by atoms with Crippen LogP contribution in [-0.2, 0) is 9.59 Å². The van der Waals surface area contributed by atoms with Crippen molar-refractivity contribution in [2.24, 2.45) is 10.7 Å². The number of halogens is 2. The maximum atomic E-state index is 13.1. The first-order valence-corrected chi connectivity index (χ1v) is 9.96. The number of amides is 2. The molecule has 10 heteroatoms. The van der Waals surface area contributed by atoms with Gasteiger partial charge in [0.15, 0.2) is 5.17 Å². The Labute approximate surface area is 181 Å². The molecule has 0 spiro atoms. The fourth-order valence-electron chi connectivity index (χ4n) is 2.65. The molecule has 2 aromatic rings. The van der Waals surface area contributed by atoms with Crippen molar-refractivity contribution in [2.45, 2.75) is 18.8 Å². The minimum atomic E-state index is -2.96. The Morgan fingerprint density at radius 1 is 1.13 bits per heavy atom. The van der Waals surface area contributed by atoms with Crippen molar-refractivity contribution >= 4 is 40.5 Å². The minimum absolute atomic E-state index is 0.0453. The van der Waals surface area contributed by atoms with Crippen LogP contribution in [0.3, 0.4) is 0 Å². The predicted octanol–water partition coefficient (Wildman–Crippen LogP) is 3.65. The van der Waals surface area contributed by atoms with Crippen LogP contribution in [0.25, 0.3) is 6.08 Å².